The van der Waals surface area contributed by atoms with Crippen LogP contribution in [0.25, 0.3) is 83.9 Å². The number of ether oxygens (including phenoxy) is 4. The van der Waals surface area contributed by atoms with Gasteiger partial charge in [-0.3, -0.25) is 26.9 Å². The van der Waals surface area contributed by atoms with Crippen LogP contribution >= 0.6 is 0 Å². The molecule has 0 atom stereocenters. The van der Waals surface area contributed by atoms with Crippen molar-refractivity contribution in [1.29, 1.82) is 0 Å². The van der Waals surface area contributed by atoms with Gasteiger partial charge in [0.25, 0.3) is 0 Å². The van der Waals surface area contributed by atoms with Crippen molar-refractivity contribution in [3.05, 3.63) is 425 Å². The average Bonchev–Trinajstić information content (AvgIpc) is 1.74. The van der Waals surface area contributed by atoms with E-state index in [0.717, 1.165) is 181 Å². The zero-order valence-electron chi connectivity index (χ0n) is 82.0. The van der Waals surface area contributed by atoms with E-state index in [1.165, 1.54) is 81.0 Å². The largest absolute Gasteiger partial charge is 0.496 e. The van der Waals surface area contributed by atoms with Crippen molar-refractivity contribution in [2.75, 3.05) is 69.7 Å². The molecule has 1 saturated heterocycles. The number of rotatable bonds is 30. The van der Waals surface area contributed by atoms with Gasteiger partial charge in [0.1, 0.15) is 77.9 Å². The predicted octanol–water partition coefficient (Wildman–Crippen LogP) is 22.9. The molecule has 0 saturated carbocycles. The number of para-hydroxylation sites is 3. The lowest BCUT2D eigenvalue weighted by molar-refractivity contribution is 0.215. The fourth-order valence-corrected chi connectivity index (χ4v) is 18.7. The van der Waals surface area contributed by atoms with Crippen LogP contribution < -0.4 is 18.9 Å². The van der Waals surface area contributed by atoms with E-state index in [-0.39, 0.29) is 17.2 Å². The first kappa shape index (κ1) is 98.7. The average molecular weight is 1910 g/mol. The van der Waals surface area contributed by atoms with Crippen LogP contribution in [-0.2, 0) is 83.8 Å². The van der Waals surface area contributed by atoms with E-state index >= 15 is 8.78 Å². The summed E-state index contributed by atoms with van der Waals surface area (Å²) in [7, 11) is 14.9. The number of hydrogen-bond acceptors (Lipinski definition) is 17. The molecule has 22 nitrogen and oxygen atoms in total. The van der Waals surface area contributed by atoms with Crippen LogP contribution in [0.15, 0.2) is 323 Å². The predicted molar refractivity (Wildman–Crippen MR) is 556 cm³/mol. The molecule has 21 rings (SSSR count). The molecule has 10 aromatic heterocycles. The summed E-state index contributed by atoms with van der Waals surface area (Å²) >= 11 is 0. The van der Waals surface area contributed by atoms with Gasteiger partial charge in [-0.15, -0.1) is 51.0 Å². The molecule has 11 heterocycles. The van der Waals surface area contributed by atoms with Crippen LogP contribution in [0, 0.1) is 30.2 Å². The van der Waals surface area contributed by atoms with Crippen molar-refractivity contribution in [3.63, 3.8) is 0 Å². The molecule has 0 bridgehead atoms. The Hall–Kier alpha value is -15.9. The molecule has 1 aliphatic rings. The Morgan fingerprint density at radius 3 is 1.03 bits per heavy atom. The second-order valence-corrected chi connectivity index (χ2v) is 36.1. The van der Waals surface area contributed by atoms with Gasteiger partial charge in [0, 0.05) is 92.6 Å². The Kier molecular flexibility index (Phi) is 32.7. The molecule has 0 aliphatic carbocycles. The number of piperidine rings is 1. The highest BCUT2D eigenvalue weighted by atomic mass is 19.1. The van der Waals surface area contributed by atoms with Crippen molar-refractivity contribution in [2.45, 2.75) is 110 Å². The summed E-state index contributed by atoms with van der Waals surface area (Å²) in [5.41, 5.74) is 27.8. The molecule has 0 spiro atoms. The summed E-state index contributed by atoms with van der Waals surface area (Å²) in [4.78, 5) is 6.44. The number of hydrogen-bond donors (Lipinski definition) is 0. The molecule has 1 aliphatic heterocycles. The van der Waals surface area contributed by atoms with Gasteiger partial charge in [-0.2, -0.15) is 0 Å². The number of nitrogens with zero attached hydrogens (tertiary/aromatic N) is 18. The third kappa shape index (κ3) is 23.9. The summed E-state index contributed by atoms with van der Waals surface area (Å²) in [5, 5.41) is 42.1. The zero-order chi connectivity index (χ0) is 99.1. The van der Waals surface area contributed by atoms with Gasteiger partial charge in [0.05, 0.1) is 28.4 Å². The second kappa shape index (κ2) is 47.4. The molecule has 0 unspecified atom stereocenters. The van der Waals surface area contributed by atoms with E-state index in [1.54, 1.807) is 78.0 Å². The van der Waals surface area contributed by atoms with E-state index in [4.69, 9.17) is 18.9 Å². The number of halogens is 4. The Balaban J connectivity index is 0.000000123. The lowest BCUT2D eigenvalue weighted by atomic mass is 10.0. The smallest absolute Gasteiger partial charge is 0.168 e. The Morgan fingerprint density at radius 1 is 0.273 bits per heavy atom. The molecule has 143 heavy (non-hydrogen) atoms. The zero-order valence-corrected chi connectivity index (χ0v) is 82.0. The maximum absolute atomic E-state index is 15.0. The SMILES string of the molecule is CN(C)Cc1ccc(-c2ccc(CCc3ccccc3)n3cnnc23)cc1.COc1cccc(F)c1CCc1ccc(-c2ccc(CN(C)C)cc2)c2nncn12.COc1ccccc1CCc1ccc(-c2cc(F)c(CN3CCCCC3)c(F)c2)c2nncn12.COc1ccccc1CCc1ccc(-c2ccccc2C)c2nncn12.COc1ccccc1CCc1ccc(-c2ccccc2F)c2nncn12. The Morgan fingerprint density at radius 2 is 0.615 bits per heavy atom. The number of benzene rings is 10. The van der Waals surface area contributed by atoms with Crippen molar-refractivity contribution >= 4 is 28.2 Å². The van der Waals surface area contributed by atoms with E-state index in [9.17, 15) is 8.78 Å². The van der Waals surface area contributed by atoms with E-state index < -0.39 is 11.6 Å². The van der Waals surface area contributed by atoms with Crippen LogP contribution in [0.2, 0.25) is 0 Å². The van der Waals surface area contributed by atoms with Gasteiger partial charge in [-0.05, 0) is 296 Å². The molecule has 0 amide bonds. The first-order valence-corrected chi connectivity index (χ1v) is 48.3. The first-order valence-electron chi connectivity index (χ1n) is 48.3. The van der Waals surface area contributed by atoms with Gasteiger partial charge in [0.15, 0.2) is 28.2 Å². The maximum atomic E-state index is 15.0. The maximum Gasteiger partial charge on any atom is 0.168 e. The number of methoxy groups -OCH3 is 4. The number of aromatic nitrogens is 15. The van der Waals surface area contributed by atoms with Gasteiger partial charge < -0.3 is 28.7 Å². The summed E-state index contributed by atoms with van der Waals surface area (Å²) in [5.74, 6) is 1.71. The van der Waals surface area contributed by atoms with Crippen molar-refractivity contribution in [3.8, 4) is 78.6 Å². The minimum atomic E-state index is -0.515. The highest BCUT2D eigenvalue weighted by molar-refractivity contribution is 5.82. The molecule has 1 fully saturated rings. The highest BCUT2D eigenvalue weighted by Gasteiger charge is 2.24. The standard InChI is InChI=1S/C27H28F2N4O.C24H25FN4O.C23H24N4.C22H21N3O.C21H18FN3O/c1-34-26-8-4-3-7-19(26)9-10-21-11-12-22(27-31-30-18-33(21)27)20-15-24(28)23(25(29)16-20)17-32-13-5-2-6-14-32;1-28(2)15-17-7-9-18(10-8-17)20-13-11-19(29-16-26-27-24(20)29)12-14-21-22(25)5-4-6-23(21)30-3;1-26(2)16-19-8-11-20(12-9-19)22-15-14-21(27-17-24-25-23(22)27)13-10-18-6-4-3-5-7-18;1-16-7-3-5-9-19(16)20-14-13-18(25-15-23-24-22(20)25)12-11-17-8-4-6-10-21(17)26-2;1-26-20-9-5-2-6-15(20)10-11-16-12-13-18(21-24-23-14-25(16)21)17-7-3-4-8-19(17)22/h3-4,7-8,11-12,15-16,18H,2,5-6,9-10,13-14,17H2,1H3;4-11,13,16H,12,14-15H2,1-3H3;3-9,11-12,14-15,17H,10,13,16H2,1-2H3;3-10,13-15H,11-12H2,1-2H3;2-9,12-14H,10-11H2,1H3. The fraction of sp³-hybridized carbons (Fsp3) is 0.231. The molecule has 20 aromatic rings. The lowest BCUT2D eigenvalue weighted by Gasteiger charge is -2.26. The van der Waals surface area contributed by atoms with Crippen molar-refractivity contribution in [1.82, 2.24) is 87.7 Å². The van der Waals surface area contributed by atoms with E-state index in [2.05, 4.69) is 261 Å². The van der Waals surface area contributed by atoms with Gasteiger partial charge in [-0.1, -0.05) is 188 Å². The Bertz CT molecular complexity index is 7470. The fourth-order valence-electron chi connectivity index (χ4n) is 18.7. The van der Waals surface area contributed by atoms with E-state index in [1.807, 2.05) is 111 Å². The van der Waals surface area contributed by atoms with Gasteiger partial charge in [0.2, 0.25) is 0 Å². The number of pyridine rings is 5. The summed E-state index contributed by atoms with van der Waals surface area (Å²) < 4.78 is 90.2. The third-order valence-corrected chi connectivity index (χ3v) is 26.1. The number of likely N-dealkylation sites (tertiary alicyclic amines) is 1. The van der Waals surface area contributed by atoms with Gasteiger partial charge >= 0.3 is 0 Å². The summed E-state index contributed by atoms with van der Waals surface area (Å²) in [6, 6.07) is 95.4. The second-order valence-electron chi connectivity index (χ2n) is 36.1. The van der Waals surface area contributed by atoms with E-state index in [0.29, 0.717) is 58.7 Å². The van der Waals surface area contributed by atoms with Gasteiger partial charge in [-0.25, -0.2) is 17.6 Å². The summed E-state index contributed by atoms with van der Waals surface area (Å²) in [6.07, 6.45) is 20.1. The Labute approximate surface area is 830 Å². The quantitative estimate of drug-likeness (QED) is 0.0385. The molecular formula is C117H116F4N18O4. The van der Waals surface area contributed by atoms with Crippen molar-refractivity contribution < 1.29 is 36.5 Å². The topological polar surface area (TPSA) is 198 Å². The molecular weight excluding hydrogens is 1800 g/mol. The van der Waals surface area contributed by atoms with Crippen LogP contribution in [0.3, 0.4) is 0 Å². The molecule has 26 heteroatoms. The first-order chi connectivity index (χ1) is 70.0. The molecule has 10 aromatic carbocycles. The normalized spacial score (nSPS) is 12.0. The van der Waals surface area contributed by atoms with Crippen LogP contribution in [0.5, 0.6) is 23.0 Å². The minimum Gasteiger partial charge on any atom is -0.496 e. The van der Waals surface area contributed by atoms with Crippen molar-refractivity contribution in [2.24, 2.45) is 0 Å². The lowest BCUT2D eigenvalue weighted by Crippen LogP contribution is -2.29. The monoisotopic (exact) mass is 1910 g/mol. The minimum absolute atomic E-state index is 0.136. The molecule has 0 radical (unpaired) electrons. The highest BCUT2D eigenvalue weighted by Crippen LogP contribution is 2.36. The third-order valence-electron chi connectivity index (χ3n) is 26.1. The number of aryl methyl sites for hydroxylation is 10. The molecule has 0 N–H and O–H groups in total. The van der Waals surface area contributed by atoms with Crippen LogP contribution in [0.4, 0.5) is 17.6 Å². The number of fused-ring (bicyclic) bond motifs is 5. The van der Waals surface area contributed by atoms with Crippen LogP contribution in [0.1, 0.15) is 97.8 Å². The summed E-state index contributed by atoms with van der Waals surface area (Å²) in [6.45, 7) is 6.05. The molecule has 726 valence electrons. The van der Waals surface area contributed by atoms with Crippen LogP contribution in [-0.4, -0.2) is 157 Å².